The second kappa shape index (κ2) is 5.87. The number of nitro groups is 1. The first-order valence-corrected chi connectivity index (χ1v) is 6.52. The highest BCUT2D eigenvalue weighted by Gasteiger charge is 2.17. The van der Waals surface area contributed by atoms with E-state index < -0.39 is 4.92 Å². The van der Waals surface area contributed by atoms with Crippen molar-refractivity contribution in [2.45, 2.75) is 6.92 Å². The first-order chi connectivity index (χ1) is 9.51. The Kier molecular flexibility index (Phi) is 4.19. The van der Waals surface area contributed by atoms with E-state index >= 15 is 0 Å². The third kappa shape index (κ3) is 3.05. The van der Waals surface area contributed by atoms with E-state index in [0.29, 0.717) is 15.9 Å². The maximum atomic E-state index is 11.1. The summed E-state index contributed by atoms with van der Waals surface area (Å²) in [6.45, 7) is 1.92. The number of methoxy groups -OCH3 is 1. The molecule has 20 heavy (non-hydrogen) atoms. The van der Waals surface area contributed by atoms with Gasteiger partial charge >= 0.3 is 5.69 Å². The molecule has 0 spiro atoms. The first kappa shape index (κ1) is 14.3. The van der Waals surface area contributed by atoms with Crippen molar-refractivity contribution in [3.05, 3.63) is 50.6 Å². The summed E-state index contributed by atoms with van der Waals surface area (Å²) < 4.78 is 5.77. The molecule has 0 atom stereocenters. The molecule has 0 saturated heterocycles. The summed E-state index contributed by atoms with van der Waals surface area (Å²) in [5.74, 6) is 0.761. The van der Waals surface area contributed by atoms with Crippen molar-refractivity contribution in [3.8, 4) is 5.75 Å². The van der Waals surface area contributed by atoms with Gasteiger partial charge in [0.2, 0.25) is 5.82 Å². The van der Waals surface area contributed by atoms with Gasteiger partial charge in [0.05, 0.1) is 17.7 Å². The van der Waals surface area contributed by atoms with Crippen LogP contribution >= 0.6 is 15.9 Å². The average molecular weight is 338 g/mol. The Morgan fingerprint density at radius 3 is 2.80 bits per heavy atom. The van der Waals surface area contributed by atoms with Gasteiger partial charge in [-0.15, -0.1) is 0 Å². The molecule has 0 aliphatic rings. The third-order valence-corrected chi connectivity index (χ3v) is 3.07. The lowest BCUT2D eigenvalue weighted by atomic mass is 10.2. The van der Waals surface area contributed by atoms with E-state index in [-0.39, 0.29) is 11.5 Å². The van der Waals surface area contributed by atoms with Crippen LogP contribution in [0.15, 0.2) is 34.9 Å². The van der Waals surface area contributed by atoms with Gasteiger partial charge in [-0.1, -0.05) is 6.07 Å². The van der Waals surface area contributed by atoms with Crippen LogP contribution < -0.4 is 10.1 Å². The van der Waals surface area contributed by atoms with E-state index in [1.54, 1.807) is 13.2 Å². The second-order valence-corrected chi connectivity index (χ2v) is 5.02. The monoisotopic (exact) mass is 337 g/mol. The predicted molar refractivity (Wildman–Crippen MR) is 79.6 cm³/mol. The van der Waals surface area contributed by atoms with Crippen LogP contribution in [-0.4, -0.2) is 17.0 Å². The number of anilines is 2. The van der Waals surface area contributed by atoms with Gasteiger partial charge in [-0.05, 0) is 40.5 Å². The average Bonchev–Trinajstić information content (AvgIpc) is 2.41. The number of nitrogens with one attached hydrogen (secondary N) is 1. The van der Waals surface area contributed by atoms with E-state index in [9.17, 15) is 10.1 Å². The van der Waals surface area contributed by atoms with Gasteiger partial charge in [-0.25, -0.2) is 4.98 Å². The summed E-state index contributed by atoms with van der Waals surface area (Å²) >= 11 is 3.17. The number of halogens is 1. The standard InChI is InChI=1S/C13H12BrN3O3/c1-8-3-4-12(20-2)10(5-8)16-13-11(17(18)19)6-9(14)7-15-13/h3-7H,1-2H3,(H,15,16). The lowest BCUT2D eigenvalue weighted by Gasteiger charge is -2.11. The van der Waals surface area contributed by atoms with E-state index in [2.05, 4.69) is 26.2 Å². The highest BCUT2D eigenvalue weighted by molar-refractivity contribution is 9.10. The summed E-state index contributed by atoms with van der Waals surface area (Å²) in [6, 6.07) is 6.93. The van der Waals surface area contributed by atoms with Gasteiger partial charge in [0.15, 0.2) is 0 Å². The summed E-state index contributed by atoms with van der Waals surface area (Å²) in [6.07, 6.45) is 1.50. The maximum absolute atomic E-state index is 11.1. The lowest BCUT2D eigenvalue weighted by molar-refractivity contribution is -0.384. The van der Waals surface area contributed by atoms with E-state index in [0.717, 1.165) is 5.56 Å². The Labute approximate surface area is 124 Å². The molecule has 2 aromatic rings. The molecule has 0 amide bonds. The van der Waals surface area contributed by atoms with Crippen LogP contribution in [0.2, 0.25) is 0 Å². The molecule has 0 radical (unpaired) electrons. The molecule has 104 valence electrons. The van der Waals surface area contributed by atoms with Gasteiger partial charge in [-0.3, -0.25) is 10.1 Å². The molecule has 0 bridgehead atoms. The number of benzene rings is 1. The van der Waals surface area contributed by atoms with Crippen LogP contribution in [0.4, 0.5) is 17.2 Å². The normalized spacial score (nSPS) is 10.2. The number of nitrogens with zero attached hydrogens (tertiary/aromatic N) is 2. The van der Waals surface area contributed by atoms with Crippen molar-refractivity contribution in [3.63, 3.8) is 0 Å². The number of hydrogen-bond acceptors (Lipinski definition) is 5. The minimum Gasteiger partial charge on any atom is -0.495 e. The minimum absolute atomic E-state index is 0.108. The van der Waals surface area contributed by atoms with Crippen LogP contribution in [0.5, 0.6) is 5.75 Å². The zero-order valence-corrected chi connectivity index (χ0v) is 12.5. The van der Waals surface area contributed by atoms with Crippen molar-refractivity contribution in [1.29, 1.82) is 0 Å². The van der Waals surface area contributed by atoms with Crippen LogP contribution in [0.1, 0.15) is 5.56 Å². The molecule has 0 aliphatic carbocycles. The SMILES string of the molecule is COc1ccc(C)cc1Nc1ncc(Br)cc1[N+](=O)[O-]. The summed E-state index contributed by atoms with van der Waals surface area (Å²) in [5.41, 5.74) is 1.53. The Morgan fingerprint density at radius 1 is 1.40 bits per heavy atom. The molecule has 1 N–H and O–H groups in total. The molecule has 2 rings (SSSR count). The van der Waals surface area contributed by atoms with Gasteiger partial charge in [0.25, 0.3) is 0 Å². The Hall–Kier alpha value is -2.15. The molecule has 0 aliphatic heterocycles. The molecular formula is C13H12BrN3O3. The molecule has 6 nitrogen and oxygen atoms in total. The lowest BCUT2D eigenvalue weighted by Crippen LogP contribution is -2.01. The quantitative estimate of drug-likeness (QED) is 0.677. The van der Waals surface area contributed by atoms with Crippen LogP contribution in [-0.2, 0) is 0 Å². The van der Waals surface area contributed by atoms with E-state index in [1.807, 2.05) is 19.1 Å². The fourth-order valence-corrected chi connectivity index (χ4v) is 2.03. The second-order valence-electron chi connectivity index (χ2n) is 4.11. The molecule has 0 saturated carbocycles. The topological polar surface area (TPSA) is 77.3 Å². The van der Waals surface area contributed by atoms with Crippen molar-refractivity contribution in [2.24, 2.45) is 0 Å². The highest BCUT2D eigenvalue weighted by atomic mass is 79.9. The minimum atomic E-state index is -0.484. The summed E-state index contributed by atoms with van der Waals surface area (Å²) in [4.78, 5) is 14.6. The number of ether oxygens (including phenoxy) is 1. The highest BCUT2D eigenvalue weighted by Crippen LogP contribution is 2.32. The van der Waals surface area contributed by atoms with Crippen LogP contribution in [0, 0.1) is 17.0 Å². The molecule has 1 aromatic heterocycles. The van der Waals surface area contributed by atoms with Crippen molar-refractivity contribution >= 4 is 33.1 Å². The molecule has 7 heteroatoms. The number of aromatic nitrogens is 1. The zero-order chi connectivity index (χ0) is 14.7. The molecular weight excluding hydrogens is 326 g/mol. The predicted octanol–water partition coefficient (Wildman–Crippen LogP) is 3.81. The van der Waals surface area contributed by atoms with E-state index in [1.165, 1.54) is 12.3 Å². The van der Waals surface area contributed by atoms with Crippen molar-refractivity contribution < 1.29 is 9.66 Å². The summed E-state index contributed by atoms with van der Waals surface area (Å²) in [5, 5.41) is 14.0. The van der Waals surface area contributed by atoms with Gasteiger partial charge < -0.3 is 10.1 Å². The summed E-state index contributed by atoms with van der Waals surface area (Å²) in [7, 11) is 1.54. The molecule has 1 heterocycles. The Balaban J connectivity index is 2.44. The van der Waals surface area contributed by atoms with Gasteiger partial charge in [-0.2, -0.15) is 0 Å². The first-order valence-electron chi connectivity index (χ1n) is 5.73. The third-order valence-electron chi connectivity index (χ3n) is 2.64. The van der Waals surface area contributed by atoms with Crippen LogP contribution in [0.3, 0.4) is 0 Å². The van der Waals surface area contributed by atoms with Gasteiger partial charge in [0.1, 0.15) is 5.75 Å². The number of aryl methyl sites for hydroxylation is 1. The molecule has 0 unspecified atom stereocenters. The molecule has 0 fully saturated rings. The Bertz CT molecular complexity index is 661. The smallest absolute Gasteiger partial charge is 0.312 e. The van der Waals surface area contributed by atoms with E-state index in [4.69, 9.17) is 4.74 Å². The van der Waals surface area contributed by atoms with Crippen molar-refractivity contribution in [1.82, 2.24) is 4.98 Å². The zero-order valence-electron chi connectivity index (χ0n) is 10.9. The number of rotatable bonds is 4. The largest absolute Gasteiger partial charge is 0.495 e. The number of hydrogen-bond donors (Lipinski definition) is 1. The maximum Gasteiger partial charge on any atom is 0.312 e. The Morgan fingerprint density at radius 2 is 2.15 bits per heavy atom. The fourth-order valence-electron chi connectivity index (χ4n) is 1.71. The van der Waals surface area contributed by atoms with Crippen LogP contribution in [0.25, 0.3) is 0 Å². The number of pyridine rings is 1. The van der Waals surface area contributed by atoms with Crippen molar-refractivity contribution in [2.75, 3.05) is 12.4 Å². The molecule has 1 aromatic carbocycles. The fraction of sp³-hybridized carbons (Fsp3) is 0.154. The van der Waals surface area contributed by atoms with Gasteiger partial charge in [0, 0.05) is 16.7 Å².